The first kappa shape index (κ1) is 12.4. The Morgan fingerprint density at radius 2 is 2.31 bits per heavy atom. The van der Waals surface area contributed by atoms with Crippen molar-refractivity contribution in [3.05, 3.63) is 11.1 Å². The smallest absolute Gasteiger partial charge is 0.321 e. The Labute approximate surface area is 97.4 Å². The standard InChI is InChI=1S/C9H14N4O2S/c1-5(2)10-8(14)12-9-11-7(4-16-9)6(3)13-15/h4-5,15H,1-3H3,(H2,10,11,12,14). The first-order valence-corrected chi connectivity index (χ1v) is 5.63. The molecule has 0 spiro atoms. The highest BCUT2D eigenvalue weighted by Gasteiger charge is 2.08. The fourth-order valence-corrected chi connectivity index (χ4v) is 1.69. The fourth-order valence-electron chi connectivity index (χ4n) is 0.944. The molecule has 6 nitrogen and oxygen atoms in total. The largest absolute Gasteiger partial charge is 0.411 e. The third-order valence-electron chi connectivity index (χ3n) is 1.67. The van der Waals surface area contributed by atoms with Crippen molar-refractivity contribution in [2.75, 3.05) is 5.32 Å². The van der Waals surface area contributed by atoms with Gasteiger partial charge in [0.15, 0.2) is 5.13 Å². The maximum absolute atomic E-state index is 11.3. The molecule has 3 N–H and O–H groups in total. The summed E-state index contributed by atoms with van der Waals surface area (Å²) in [5.74, 6) is 0. The normalized spacial score (nSPS) is 11.6. The lowest BCUT2D eigenvalue weighted by atomic mass is 10.3. The zero-order valence-electron chi connectivity index (χ0n) is 9.31. The Hall–Kier alpha value is -1.63. The van der Waals surface area contributed by atoms with E-state index < -0.39 is 0 Å². The quantitative estimate of drug-likeness (QED) is 0.429. The van der Waals surface area contributed by atoms with Crippen molar-refractivity contribution in [1.82, 2.24) is 10.3 Å². The lowest BCUT2D eigenvalue weighted by molar-refractivity contribution is 0.250. The van der Waals surface area contributed by atoms with E-state index in [4.69, 9.17) is 5.21 Å². The molecular formula is C9H14N4O2S. The number of nitrogens with one attached hydrogen (secondary N) is 2. The highest BCUT2D eigenvalue weighted by atomic mass is 32.1. The summed E-state index contributed by atoms with van der Waals surface area (Å²) in [6, 6.07) is -0.227. The molecule has 0 aliphatic heterocycles. The van der Waals surface area contributed by atoms with E-state index in [1.807, 2.05) is 13.8 Å². The number of anilines is 1. The van der Waals surface area contributed by atoms with Crippen LogP contribution in [0.2, 0.25) is 0 Å². The molecule has 0 saturated carbocycles. The summed E-state index contributed by atoms with van der Waals surface area (Å²) in [5.41, 5.74) is 0.959. The molecule has 1 heterocycles. The van der Waals surface area contributed by atoms with Gasteiger partial charge in [-0.15, -0.1) is 11.3 Å². The topological polar surface area (TPSA) is 86.6 Å². The van der Waals surface area contributed by atoms with Gasteiger partial charge < -0.3 is 10.5 Å². The molecule has 2 amide bonds. The second-order valence-corrected chi connectivity index (χ2v) is 4.33. The molecule has 1 aromatic rings. The molecule has 16 heavy (non-hydrogen) atoms. The number of thiazole rings is 1. The first-order chi connectivity index (χ1) is 7.52. The molecule has 0 saturated heterocycles. The van der Waals surface area contributed by atoms with Crippen LogP contribution in [0.3, 0.4) is 0 Å². The van der Waals surface area contributed by atoms with Crippen LogP contribution < -0.4 is 10.6 Å². The van der Waals surface area contributed by atoms with Gasteiger partial charge in [0.1, 0.15) is 11.4 Å². The summed E-state index contributed by atoms with van der Waals surface area (Å²) < 4.78 is 0. The van der Waals surface area contributed by atoms with Crippen LogP contribution in [0.5, 0.6) is 0 Å². The highest BCUT2D eigenvalue weighted by Crippen LogP contribution is 2.15. The van der Waals surface area contributed by atoms with Crippen molar-refractivity contribution in [3.8, 4) is 0 Å². The lowest BCUT2D eigenvalue weighted by Gasteiger charge is -2.07. The molecule has 0 unspecified atom stereocenters. The van der Waals surface area contributed by atoms with Crippen molar-refractivity contribution in [3.63, 3.8) is 0 Å². The van der Waals surface area contributed by atoms with E-state index in [0.29, 0.717) is 16.5 Å². The number of hydrogen-bond acceptors (Lipinski definition) is 5. The monoisotopic (exact) mass is 242 g/mol. The van der Waals surface area contributed by atoms with Gasteiger partial charge in [0.2, 0.25) is 0 Å². The van der Waals surface area contributed by atoms with Crippen LogP contribution in [0.25, 0.3) is 0 Å². The molecule has 0 fully saturated rings. The van der Waals surface area contributed by atoms with E-state index >= 15 is 0 Å². The van der Waals surface area contributed by atoms with Crippen molar-refractivity contribution in [2.45, 2.75) is 26.8 Å². The van der Waals surface area contributed by atoms with Gasteiger partial charge in [-0.3, -0.25) is 5.32 Å². The van der Waals surface area contributed by atoms with Gasteiger partial charge in [-0.1, -0.05) is 5.16 Å². The Morgan fingerprint density at radius 1 is 1.62 bits per heavy atom. The van der Waals surface area contributed by atoms with Crippen molar-refractivity contribution in [1.29, 1.82) is 0 Å². The number of amides is 2. The van der Waals surface area contributed by atoms with Gasteiger partial charge in [-0.2, -0.15) is 0 Å². The van der Waals surface area contributed by atoms with E-state index in [9.17, 15) is 4.79 Å². The Kier molecular flexibility index (Phi) is 4.24. The first-order valence-electron chi connectivity index (χ1n) is 4.75. The molecule has 0 aromatic carbocycles. The molecule has 0 bridgehead atoms. The van der Waals surface area contributed by atoms with Gasteiger partial charge >= 0.3 is 6.03 Å². The van der Waals surface area contributed by atoms with Crippen molar-refractivity contribution < 1.29 is 10.0 Å². The molecule has 1 rings (SSSR count). The second kappa shape index (κ2) is 5.45. The van der Waals surface area contributed by atoms with Crippen molar-refractivity contribution in [2.24, 2.45) is 5.16 Å². The SMILES string of the molecule is CC(=NO)c1csc(NC(=O)NC(C)C)n1. The van der Waals surface area contributed by atoms with Gasteiger partial charge in [0.05, 0.1) is 0 Å². The predicted molar refractivity (Wildman–Crippen MR) is 63.4 cm³/mol. The molecule has 7 heteroatoms. The Morgan fingerprint density at radius 3 is 2.88 bits per heavy atom. The third-order valence-corrected chi connectivity index (χ3v) is 2.42. The fraction of sp³-hybridized carbons (Fsp3) is 0.444. The maximum atomic E-state index is 11.3. The number of urea groups is 1. The summed E-state index contributed by atoms with van der Waals surface area (Å²) in [4.78, 5) is 15.4. The van der Waals surface area contributed by atoms with E-state index in [1.165, 1.54) is 11.3 Å². The minimum Gasteiger partial charge on any atom is -0.411 e. The summed E-state index contributed by atoms with van der Waals surface area (Å²) in [6.45, 7) is 5.37. The van der Waals surface area contributed by atoms with E-state index in [1.54, 1.807) is 12.3 Å². The summed E-state index contributed by atoms with van der Waals surface area (Å²) >= 11 is 1.27. The van der Waals surface area contributed by atoms with Gasteiger partial charge in [0, 0.05) is 11.4 Å². The number of carbonyl (C=O) groups excluding carboxylic acids is 1. The van der Waals surface area contributed by atoms with Crippen LogP contribution in [0, 0.1) is 0 Å². The van der Waals surface area contributed by atoms with E-state index in [0.717, 1.165) is 0 Å². The molecule has 0 radical (unpaired) electrons. The molecule has 0 aliphatic carbocycles. The number of rotatable bonds is 3. The minimum atomic E-state index is -0.297. The van der Waals surface area contributed by atoms with E-state index in [-0.39, 0.29) is 12.1 Å². The second-order valence-electron chi connectivity index (χ2n) is 3.48. The summed E-state index contributed by atoms with van der Waals surface area (Å²) in [7, 11) is 0. The maximum Gasteiger partial charge on any atom is 0.321 e. The molecule has 0 atom stereocenters. The molecular weight excluding hydrogens is 228 g/mol. The average molecular weight is 242 g/mol. The van der Waals surface area contributed by atoms with E-state index in [2.05, 4.69) is 20.8 Å². The van der Waals surface area contributed by atoms with Gasteiger partial charge in [-0.05, 0) is 20.8 Å². The lowest BCUT2D eigenvalue weighted by Crippen LogP contribution is -2.34. The van der Waals surface area contributed by atoms with Crippen LogP contribution in [-0.2, 0) is 0 Å². The number of aromatic nitrogens is 1. The number of hydrogen-bond donors (Lipinski definition) is 3. The third kappa shape index (κ3) is 3.50. The van der Waals surface area contributed by atoms with Crippen LogP contribution in [-0.4, -0.2) is 28.0 Å². The van der Waals surface area contributed by atoms with Gasteiger partial charge in [0.25, 0.3) is 0 Å². The van der Waals surface area contributed by atoms with Crippen LogP contribution in [0.1, 0.15) is 26.5 Å². The van der Waals surface area contributed by atoms with Crippen LogP contribution >= 0.6 is 11.3 Å². The summed E-state index contributed by atoms with van der Waals surface area (Å²) in [6.07, 6.45) is 0. The predicted octanol–water partition coefficient (Wildman–Crippen LogP) is 1.87. The number of nitrogens with zero attached hydrogens (tertiary/aromatic N) is 2. The van der Waals surface area contributed by atoms with Crippen LogP contribution in [0.15, 0.2) is 10.5 Å². The zero-order valence-corrected chi connectivity index (χ0v) is 10.1. The Balaban J connectivity index is 2.62. The number of carbonyl (C=O) groups is 1. The Bertz CT molecular complexity index is 400. The molecule has 0 aliphatic rings. The van der Waals surface area contributed by atoms with Crippen LogP contribution in [0.4, 0.5) is 9.93 Å². The van der Waals surface area contributed by atoms with Crippen molar-refractivity contribution >= 4 is 28.2 Å². The van der Waals surface area contributed by atoms with Gasteiger partial charge in [-0.25, -0.2) is 9.78 Å². The number of oxime groups is 1. The average Bonchev–Trinajstić information content (AvgIpc) is 2.63. The molecule has 1 aromatic heterocycles. The minimum absolute atomic E-state index is 0.0696. The molecule has 88 valence electrons. The zero-order chi connectivity index (χ0) is 12.1. The highest BCUT2D eigenvalue weighted by molar-refractivity contribution is 7.14. The summed E-state index contributed by atoms with van der Waals surface area (Å²) in [5, 5.41) is 19.0.